The van der Waals surface area contributed by atoms with Crippen LogP contribution in [0.25, 0.3) is 10.9 Å². The Labute approximate surface area is 155 Å². The predicted octanol–water partition coefficient (Wildman–Crippen LogP) is 4.24. The summed E-state index contributed by atoms with van der Waals surface area (Å²) in [6.45, 7) is 1.94. The van der Waals surface area contributed by atoms with Gasteiger partial charge in [0, 0.05) is 30.2 Å². The number of nitrogens with one attached hydrogen (secondary N) is 2. The predicted molar refractivity (Wildman–Crippen MR) is 106 cm³/mol. The van der Waals surface area contributed by atoms with Gasteiger partial charge in [0.2, 0.25) is 0 Å². The zero-order valence-electron chi connectivity index (χ0n) is 14.2. The highest BCUT2D eigenvalue weighted by Gasteiger charge is 2.25. The quantitative estimate of drug-likeness (QED) is 0.736. The van der Waals surface area contributed by atoms with Gasteiger partial charge in [0.25, 0.3) is 0 Å². The molecular weight excluding hydrogens is 330 g/mol. The number of benzene rings is 2. The van der Waals surface area contributed by atoms with Crippen molar-refractivity contribution in [2.24, 2.45) is 0 Å². The third kappa shape index (κ3) is 4.01. The molecule has 0 aliphatic carbocycles. The molecule has 25 heavy (non-hydrogen) atoms. The lowest BCUT2D eigenvalue weighted by Crippen LogP contribution is -2.45. The number of hydrogen-bond donors (Lipinski definition) is 2. The molecule has 3 nitrogen and oxygen atoms in total. The molecule has 1 aliphatic heterocycles. The van der Waals surface area contributed by atoms with Crippen LogP contribution < -0.4 is 10.6 Å². The number of pyridine rings is 1. The lowest BCUT2D eigenvalue weighted by atomic mass is 9.92. The number of aromatic nitrogens is 1. The molecule has 0 bridgehead atoms. The van der Waals surface area contributed by atoms with Crippen molar-refractivity contribution in [2.45, 2.75) is 31.5 Å². The van der Waals surface area contributed by atoms with Crippen molar-refractivity contribution in [3.63, 3.8) is 0 Å². The van der Waals surface area contributed by atoms with E-state index >= 15 is 0 Å². The van der Waals surface area contributed by atoms with Crippen molar-refractivity contribution >= 4 is 23.3 Å². The average Bonchev–Trinajstić information content (AvgIpc) is 2.67. The Bertz CT molecular complexity index is 801. The highest BCUT2D eigenvalue weighted by Crippen LogP contribution is 2.24. The van der Waals surface area contributed by atoms with Crippen LogP contribution in [0.15, 0.2) is 66.9 Å². The average molecular weight is 354 g/mol. The smallest absolute Gasteiger partial charge is 0.0746 e. The molecule has 1 saturated heterocycles. The summed E-state index contributed by atoms with van der Waals surface area (Å²) < 4.78 is 0. The van der Waals surface area contributed by atoms with Crippen molar-refractivity contribution in [2.75, 3.05) is 6.54 Å². The van der Waals surface area contributed by atoms with Gasteiger partial charge in [-0.05, 0) is 36.6 Å². The summed E-state index contributed by atoms with van der Waals surface area (Å²) in [5.41, 5.74) is 3.74. The van der Waals surface area contributed by atoms with E-state index in [1.165, 1.54) is 29.4 Å². The normalized spacial score (nSPS) is 20.2. The molecule has 0 amide bonds. The molecule has 1 fully saturated rings. The van der Waals surface area contributed by atoms with Crippen molar-refractivity contribution in [1.29, 1.82) is 0 Å². The molecule has 0 spiro atoms. The zero-order valence-corrected chi connectivity index (χ0v) is 15.0. The monoisotopic (exact) mass is 353 g/mol. The summed E-state index contributed by atoms with van der Waals surface area (Å²) in [5, 5.41) is 8.66. The van der Waals surface area contributed by atoms with E-state index in [1.54, 1.807) is 0 Å². The third-order valence-corrected chi connectivity index (χ3v) is 4.89. The summed E-state index contributed by atoms with van der Waals surface area (Å²) in [4.78, 5) is 4.57. The molecule has 2 atom stereocenters. The van der Waals surface area contributed by atoms with Gasteiger partial charge in [-0.3, -0.25) is 4.98 Å². The fourth-order valence-electron chi connectivity index (χ4n) is 3.67. The summed E-state index contributed by atoms with van der Waals surface area (Å²) in [5.74, 6) is 0. The van der Waals surface area contributed by atoms with Gasteiger partial charge in [-0.1, -0.05) is 54.6 Å². The van der Waals surface area contributed by atoms with Gasteiger partial charge in [-0.25, -0.2) is 0 Å². The summed E-state index contributed by atoms with van der Waals surface area (Å²) in [7, 11) is 0. The van der Waals surface area contributed by atoms with E-state index in [1.807, 2.05) is 12.3 Å². The molecule has 3 aromatic rings. The van der Waals surface area contributed by atoms with Crippen LogP contribution in [0.2, 0.25) is 0 Å². The standard InChI is InChI=1S/C21H23N3.ClH/c1-2-7-17(8-3-1)21-19(12-6-14-23-21)24-15-18-10-4-9-16-11-5-13-22-20(16)18;/h1-5,7-11,13,19,21,23-24H,6,12,14-15H2;1H/t19-,21-;/m0./s1. The second-order valence-electron chi connectivity index (χ2n) is 6.46. The molecular formula is C21H24ClN3. The molecule has 2 heterocycles. The second kappa shape index (κ2) is 8.43. The first kappa shape index (κ1) is 17.9. The molecule has 2 N–H and O–H groups in total. The summed E-state index contributed by atoms with van der Waals surface area (Å²) in [6, 6.07) is 22.1. The Morgan fingerprint density at radius 2 is 1.84 bits per heavy atom. The van der Waals surface area contributed by atoms with Crippen LogP contribution in [0.4, 0.5) is 0 Å². The molecule has 0 saturated carbocycles. The van der Waals surface area contributed by atoms with Crippen LogP contribution in [-0.4, -0.2) is 17.6 Å². The van der Waals surface area contributed by atoms with E-state index in [4.69, 9.17) is 0 Å². The SMILES string of the molecule is Cl.c1ccc([C@@H]2NCCC[C@@H]2NCc2cccc3cccnc23)cc1. The number of halogens is 1. The number of para-hydroxylation sites is 1. The minimum Gasteiger partial charge on any atom is -0.309 e. The van der Waals surface area contributed by atoms with Crippen LogP contribution in [0.5, 0.6) is 0 Å². The first-order valence-corrected chi connectivity index (χ1v) is 8.76. The van der Waals surface area contributed by atoms with Crippen molar-refractivity contribution in [3.05, 3.63) is 78.0 Å². The van der Waals surface area contributed by atoms with Gasteiger partial charge in [0.15, 0.2) is 0 Å². The summed E-state index contributed by atoms with van der Waals surface area (Å²) >= 11 is 0. The van der Waals surface area contributed by atoms with Crippen LogP contribution in [0.1, 0.15) is 30.0 Å². The van der Waals surface area contributed by atoms with E-state index in [9.17, 15) is 0 Å². The largest absolute Gasteiger partial charge is 0.309 e. The van der Waals surface area contributed by atoms with Crippen molar-refractivity contribution in [3.8, 4) is 0 Å². The zero-order chi connectivity index (χ0) is 16.2. The first-order valence-electron chi connectivity index (χ1n) is 8.76. The Kier molecular flexibility index (Phi) is 6.03. The second-order valence-corrected chi connectivity index (χ2v) is 6.46. The number of hydrogen-bond acceptors (Lipinski definition) is 3. The molecule has 0 unspecified atom stereocenters. The van der Waals surface area contributed by atoms with Gasteiger partial charge >= 0.3 is 0 Å². The van der Waals surface area contributed by atoms with Crippen molar-refractivity contribution < 1.29 is 0 Å². The third-order valence-electron chi connectivity index (χ3n) is 4.89. The minimum atomic E-state index is 0. The van der Waals surface area contributed by atoms with Gasteiger partial charge in [-0.2, -0.15) is 0 Å². The number of fused-ring (bicyclic) bond motifs is 1. The van der Waals surface area contributed by atoms with E-state index in [-0.39, 0.29) is 12.4 Å². The Balaban J connectivity index is 0.00000182. The Morgan fingerprint density at radius 3 is 2.72 bits per heavy atom. The van der Waals surface area contributed by atoms with E-state index in [0.29, 0.717) is 12.1 Å². The number of nitrogens with zero attached hydrogens (tertiary/aromatic N) is 1. The molecule has 0 radical (unpaired) electrons. The van der Waals surface area contributed by atoms with Gasteiger partial charge in [0.05, 0.1) is 5.52 Å². The molecule has 1 aromatic heterocycles. The fourth-order valence-corrected chi connectivity index (χ4v) is 3.67. The van der Waals surface area contributed by atoms with Crippen molar-refractivity contribution in [1.82, 2.24) is 15.6 Å². The maximum Gasteiger partial charge on any atom is 0.0746 e. The molecule has 4 rings (SSSR count). The van der Waals surface area contributed by atoms with Crippen LogP contribution >= 0.6 is 12.4 Å². The maximum absolute atomic E-state index is 4.57. The minimum absolute atomic E-state index is 0. The Hall–Kier alpha value is -1.94. The van der Waals surface area contributed by atoms with Crippen LogP contribution in [0, 0.1) is 0 Å². The number of piperidine rings is 1. The molecule has 4 heteroatoms. The summed E-state index contributed by atoms with van der Waals surface area (Å²) in [6.07, 6.45) is 4.29. The van der Waals surface area contributed by atoms with E-state index in [2.05, 4.69) is 70.2 Å². The van der Waals surface area contributed by atoms with E-state index in [0.717, 1.165) is 18.6 Å². The highest BCUT2D eigenvalue weighted by molar-refractivity contribution is 5.85. The lowest BCUT2D eigenvalue weighted by Gasteiger charge is -2.34. The maximum atomic E-state index is 4.57. The highest BCUT2D eigenvalue weighted by atomic mass is 35.5. The van der Waals surface area contributed by atoms with E-state index < -0.39 is 0 Å². The van der Waals surface area contributed by atoms with Gasteiger partial charge < -0.3 is 10.6 Å². The molecule has 130 valence electrons. The van der Waals surface area contributed by atoms with Crippen LogP contribution in [-0.2, 0) is 6.54 Å². The molecule has 2 aromatic carbocycles. The fraction of sp³-hybridized carbons (Fsp3) is 0.286. The number of rotatable bonds is 4. The Morgan fingerprint density at radius 1 is 1.00 bits per heavy atom. The van der Waals surface area contributed by atoms with Gasteiger partial charge in [0.1, 0.15) is 0 Å². The first-order chi connectivity index (χ1) is 11.9. The van der Waals surface area contributed by atoms with Crippen LogP contribution in [0.3, 0.4) is 0 Å². The lowest BCUT2D eigenvalue weighted by molar-refractivity contribution is 0.305. The topological polar surface area (TPSA) is 37.0 Å². The van der Waals surface area contributed by atoms with Gasteiger partial charge in [-0.15, -0.1) is 12.4 Å². The molecule has 1 aliphatic rings.